The van der Waals surface area contributed by atoms with Crippen molar-refractivity contribution in [1.29, 1.82) is 0 Å². The average molecular weight is 356 g/mol. The lowest BCUT2D eigenvalue weighted by Crippen LogP contribution is -2.52. The van der Waals surface area contributed by atoms with E-state index in [2.05, 4.69) is 15.3 Å². The highest BCUT2D eigenvalue weighted by molar-refractivity contribution is 6.28. The Morgan fingerprint density at radius 2 is 1.83 bits per heavy atom. The number of ether oxygens (including phenoxy) is 1. The molecule has 1 heterocycles. The molecule has 0 saturated heterocycles. The van der Waals surface area contributed by atoms with Gasteiger partial charge in [0.2, 0.25) is 5.28 Å². The van der Waals surface area contributed by atoms with Crippen LogP contribution in [-0.2, 0) is 9.53 Å². The van der Waals surface area contributed by atoms with Gasteiger partial charge in [-0.2, -0.15) is 4.98 Å². The highest BCUT2D eigenvalue weighted by Crippen LogP contribution is 2.46. The minimum absolute atomic E-state index is 0.133. The van der Waals surface area contributed by atoms with Gasteiger partial charge in [-0.15, -0.1) is 0 Å². The van der Waals surface area contributed by atoms with Crippen molar-refractivity contribution in [2.45, 2.75) is 38.6 Å². The van der Waals surface area contributed by atoms with Gasteiger partial charge in [-0.1, -0.05) is 0 Å². The molecular formula is C16H19ClFN3O3. The second-order valence-corrected chi connectivity index (χ2v) is 6.79. The van der Waals surface area contributed by atoms with E-state index in [4.69, 9.17) is 16.3 Å². The van der Waals surface area contributed by atoms with E-state index in [1.165, 1.54) is 14.0 Å². The maximum absolute atomic E-state index is 14.5. The zero-order valence-electron chi connectivity index (χ0n) is 13.5. The van der Waals surface area contributed by atoms with Crippen molar-refractivity contribution < 1.29 is 18.7 Å². The summed E-state index contributed by atoms with van der Waals surface area (Å²) in [6.45, 7) is 1.21. The normalized spacial score (nSPS) is 28.5. The standard InChI is InChI=1S/C16H19ClFN3O3/c1-7(22)12-11(18)14(21-16(17)20-12)19-13-9-5-3-8(4-6-9)10(13)15(23)24-2/h8-10,13H,3-6H2,1-2H3,(H,19,20,21). The molecule has 8 heteroatoms. The van der Waals surface area contributed by atoms with Gasteiger partial charge in [-0.25, -0.2) is 9.37 Å². The molecule has 3 saturated carbocycles. The van der Waals surface area contributed by atoms with Crippen molar-refractivity contribution in [3.05, 3.63) is 16.8 Å². The van der Waals surface area contributed by atoms with Crippen LogP contribution in [0.25, 0.3) is 0 Å². The molecule has 3 aliphatic carbocycles. The van der Waals surface area contributed by atoms with Crippen molar-refractivity contribution in [1.82, 2.24) is 9.97 Å². The maximum atomic E-state index is 14.5. The minimum Gasteiger partial charge on any atom is -0.469 e. The van der Waals surface area contributed by atoms with Crippen LogP contribution in [0.2, 0.25) is 5.28 Å². The van der Waals surface area contributed by atoms with Crippen LogP contribution >= 0.6 is 11.6 Å². The molecule has 1 aromatic heterocycles. The molecule has 1 aromatic rings. The Kier molecular flexibility index (Phi) is 4.71. The molecule has 3 aliphatic rings. The number of halogens is 2. The van der Waals surface area contributed by atoms with Gasteiger partial charge in [-0.05, 0) is 49.1 Å². The highest BCUT2D eigenvalue weighted by atomic mass is 35.5. The summed E-state index contributed by atoms with van der Waals surface area (Å²) >= 11 is 5.82. The lowest BCUT2D eigenvalue weighted by Gasteiger charge is -2.47. The average Bonchev–Trinajstić information content (AvgIpc) is 2.57. The van der Waals surface area contributed by atoms with Crippen LogP contribution in [0.5, 0.6) is 0 Å². The van der Waals surface area contributed by atoms with E-state index in [9.17, 15) is 14.0 Å². The van der Waals surface area contributed by atoms with E-state index < -0.39 is 11.6 Å². The Hall–Kier alpha value is -1.76. The van der Waals surface area contributed by atoms with Gasteiger partial charge in [-0.3, -0.25) is 9.59 Å². The van der Waals surface area contributed by atoms with Crippen molar-refractivity contribution in [2.75, 3.05) is 12.4 Å². The number of esters is 1. The Balaban J connectivity index is 1.94. The topological polar surface area (TPSA) is 81.2 Å². The summed E-state index contributed by atoms with van der Waals surface area (Å²) in [4.78, 5) is 31.3. The summed E-state index contributed by atoms with van der Waals surface area (Å²) in [7, 11) is 1.36. The summed E-state index contributed by atoms with van der Waals surface area (Å²) in [5, 5.41) is 2.81. The summed E-state index contributed by atoms with van der Waals surface area (Å²) in [5.41, 5.74) is -0.354. The number of nitrogens with zero attached hydrogens (tertiary/aromatic N) is 2. The van der Waals surface area contributed by atoms with Crippen molar-refractivity contribution in [3.63, 3.8) is 0 Å². The quantitative estimate of drug-likeness (QED) is 0.508. The first-order chi connectivity index (χ1) is 11.4. The number of aromatic nitrogens is 2. The van der Waals surface area contributed by atoms with Gasteiger partial charge in [0, 0.05) is 13.0 Å². The van der Waals surface area contributed by atoms with Crippen LogP contribution < -0.4 is 5.32 Å². The first-order valence-corrected chi connectivity index (χ1v) is 8.38. The molecule has 130 valence electrons. The first kappa shape index (κ1) is 17.1. The number of carbonyl (C=O) groups is 2. The maximum Gasteiger partial charge on any atom is 0.311 e. The number of fused-ring (bicyclic) bond motifs is 3. The summed E-state index contributed by atoms with van der Waals surface area (Å²) in [6, 6.07) is -0.287. The molecule has 3 fully saturated rings. The number of Topliss-reactive ketones (excluding diaryl/α,β-unsaturated/α-hetero) is 1. The smallest absolute Gasteiger partial charge is 0.311 e. The van der Waals surface area contributed by atoms with E-state index in [1.807, 2.05) is 0 Å². The second kappa shape index (κ2) is 6.63. The van der Waals surface area contributed by atoms with Gasteiger partial charge in [0.1, 0.15) is 5.69 Å². The third-order valence-corrected chi connectivity index (χ3v) is 5.32. The minimum atomic E-state index is -0.836. The molecule has 0 aromatic carbocycles. The van der Waals surface area contributed by atoms with Gasteiger partial charge < -0.3 is 10.1 Å². The van der Waals surface area contributed by atoms with Crippen LogP contribution in [0, 0.1) is 23.6 Å². The number of hydrogen-bond donors (Lipinski definition) is 1. The molecule has 24 heavy (non-hydrogen) atoms. The van der Waals surface area contributed by atoms with E-state index >= 15 is 0 Å². The van der Waals surface area contributed by atoms with Gasteiger partial charge in [0.25, 0.3) is 0 Å². The molecule has 0 spiro atoms. The number of nitrogens with one attached hydrogen (secondary N) is 1. The summed E-state index contributed by atoms with van der Waals surface area (Å²) < 4.78 is 19.5. The van der Waals surface area contributed by atoms with E-state index in [0.29, 0.717) is 0 Å². The lowest BCUT2D eigenvalue weighted by atomic mass is 9.61. The van der Waals surface area contributed by atoms with E-state index in [-0.39, 0.29) is 46.6 Å². The molecule has 2 atom stereocenters. The van der Waals surface area contributed by atoms with Crippen LogP contribution in [0.1, 0.15) is 43.1 Å². The highest BCUT2D eigenvalue weighted by Gasteiger charge is 2.48. The monoisotopic (exact) mass is 355 g/mol. The van der Waals surface area contributed by atoms with Gasteiger partial charge >= 0.3 is 5.97 Å². The number of carbonyl (C=O) groups excluding carboxylic acids is 2. The third kappa shape index (κ3) is 2.97. The van der Waals surface area contributed by atoms with E-state index in [0.717, 1.165) is 25.7 Å². The van der Waals surface area contributed by atoms with Crippen LogP contribution in [-0.4, -0.2) is 34.9 Å². The number of rotatable bonds is 4. The molecule has 1 N–H and O–H groups in total. The molecular weight excluding hydrogens is 337 g/mol. The van der Waals surface area contributed by atoms with Gasteiger partial charge in [0.15, 0.2) is 17.4 Å². The fourth-order valence-corrected chi connectivity index (χ4v) is 4.21. The number of hydrogen-bond acceptors (Lipinski definition) is 6. The van der Waals surface area contributed by atoms with Crippen molar-refractivity contribution in [2.24, 2.45) is 17.8 Å². The van der Waals surface area contributed by atoms with Crippen LogP contribution in [0.3, 0.4) is 0 Å². The lowest BCUT2D eigenvalue weighted by molar-refractivity contribution is -0.152. The molecule has 6 nitrogen and oxygen atoms in total. The van der Waals surface area contributed by atoms with Crippen LogP contribution in [0.4, 0.5) is 10.2 Å². The largest absolute Gasteiger partial charge is 0.469 e. The second-order valence-electron chi connectivity index (χ2n) is 6.45. The fraction of sp³-hybridized carbons (Fsp3) is 0.625. The Morgan fingerprint density at radius 1 is 1.21 bits per heavy atom. The zero-order chi connectivity index (χ0) is 17.4. The summed E-state index contributed by atoms with van der Waals surface area (Å²) in [5.74, 6) is -1.70. The van der Waals surface area contributed by atoms with Crippen LogP contribution in [0.15, 0.2) is 0 Å². The zero-order valence-corrected chi connectivity index (χ0v) is 14.3. The summed E-state index contributed by atoms with van der Waals surface area (Å²) in [6.07, 6.45) is 3.87. The molecule has 4 rings (SSSR count). The predicted octanol–water partition coefficient (Wildman–Crippen LogP) is 2.86. The molecule has 0 radical (unpaired) electrons. The Labute approximate surface area is 144 Å². The molecule has 0 amide bonds. The molecule has 2 unspecified atom stereocenters. The first-order valence-electron chi connectivity index (χ1n) is 8.00. The van der Waals surface area contributed by atoms with E-state index in [1.54, 1.807) is 0 Å². The Morgan fingerprint density at radius 3 is 2.42 bits per heavy atom. The number of methoxy groups -OCH3 is 1. The van der Waals surface area contributed by atoms with Crippen molar-refractivity contribution >= 4 is 29.2 Å². The predicted molar refractivity (Wildman–Crippen MR) is 85.4 cm³/mol. The van der Waals surface area contributed by atoms with Gasteiger partial charge in [0.05, 0.1) is 13.0 Å². The van der Waals surface area contributed by atoms with Crippen molar-refractivity contribution in [3.8, 4) is 0 Å². The molecule has 2 bridgehead atoms. The molecule has 0 aliphatic heterocycles. The Bertz CT molecular complexity index is 677. The third-order valence-electron chi connectivity index (χ3n) is 5.15. The SMILES string of the molecule is COC(=O)C1C2CCC(CC2)C1Nc1nc(Cl)nc(C(C)=O)c1F. The number of ketones is 1. The fourth-order valence-electron chi connectivity index (χ4n) is 4.04. The number of anilines is 1.